The molecular weight excluding hydrogens is 348 g/mol. The van der Waals surface area contributed by atoms with Gasteiger partial charge in [-0.25, -0.2) is 4.98 Å². The number of carbonyl (C=O) groups excluding carboxylic acids is 1. The van der Waals surface area contributed by atoms with E-state index in [4.69, 9.17) is 9.47 Å². The van der Waals surface area contributed by atoms with Crippen LogP contribution >= 0.6 is 11.3 Å². The molecule has 0 aliphatic heterocycles. The van der Waals surface area contributed by atoms with Crippen LogP contribution in [0.2, 0.25) is 0 Å². The van der Waals surface area contributed by atoms with Gasteiger partial charge in [-0.1, -0.05) is 18.2 Å². The smallest absolute Gasteiger partial charge is 0.275 e. The molecule has 0 aliphatic rings. The molecule has 1 aromatic heterocycles. The van der Waals surface area contributed by atoms with Crippen molar-refractivity contribution in [2.45, 2.75) is 20.0 Å². The van der Waals surface area contributed by atoms with E-state index in [-0.39, 0.29) is 12.0 Å². The summed E-state index contributed by atoms with van der Waals surface area (Å²) in [7, 11) is 1.59. The number of thiazole rings is 1. The van der Waals surface area contributed by atoms with Crippen molar-refractivity contribution < 1.29 is 14.3 Å². The SMILES string of the molecule is COc1cccc(NC(=O)c2csc(-c3ccccc3OC(C)C)n2)c1. The van der Waals surface area contributed by atoms with Gasteiger partial charge in [-0.05, 0) is 38.1 Å². The first kappa shape index (κ1) is 17.9. The number of methoxy groups -OCH3 is 1. The molecule has 134 valence electrons. The van der Waals surface area contributed by atoms with Crippen LogP contribution in [0.1, 0.15) is 24.3 Å². The van der Waals surface area contributed by atoms with Crippen LogP contribution < -0.4 is 14.8 Å². The Kier molecular flexibility index (Phi) is 5.53. The van der Waals surface area contributed by atoms with Crippen molar-refractivity contribution in [3.8, 4) is 22.1 Å². The summed E-state index contributed by atoms with van der Waals surface area (Å²) < 4.78 is 11.0. The zero-order chi connectivity index (χ0) is 18.5. The molecular formula is C20H20N2O3S. The predicted octanol–water partition coefficient (Wildman–Crippen LogP) is 4.86. The van der Waals surface area contributed by atoms with E-state index in [9.17, 15) is 4.79 Å². The van der Waals surface area contributed by atoms with Crippen LogP contribution in [0, 0.1) is 0 Å². The Morgan fingerprint density at radius 2 is 1.96 bits per heavy atom. The van der Waals surface area contributed by atoms with Gasteiger partial charge in [0.15, 0.2) is 0 Å². The van der Waals surface area contributed by atoms with Crippen LogP contribution in [-0.4, -0.2) is 24.1 Å². The van der Waals surface area contributed by atoms with E-state index in [0.717, 1.165) is 16.3 Å². The second-order valence-corrected chi connectivity index (χ2v) is 6.74. The number of hydrogen-bond donors (Lipinski definition) is 1. The number of para-hydroxylation sites is 1. The fourth-order valence-corrected chi connectivity index (χ4v) is 3.23. The third kappa shape index (κ3) is 4.21. The normalized spacial score (nSPS) is 10.6. The minimum absolute atomic E-state index is 0.0620. The average Bonchev–Trinajstić information content (AvgIpc) is 3.12. The van der Waals surface area contributed by atoms with Gasteiger partial charge >= 0.3 is 0 Å². The molecule has 0 saturated carbocycles. The molecule has 3 aromatic rings. The van der Waals surface area contributed by atoms with E-state index in [0.29, 0.717) is 17.1 Å². The van der Waals surface area contributed by atoms with E-state index in [1.807, 2.05) is 50.2 Å². The number of benzene rings is 2. The molecule has 1 heterocycles. The molecule has 0 bridgehead atoms. The maximum Gasteiger partial charge on any atom is 0.275 e. The first-order chi connectivity index (χ1) is 12.6. The largest absolute Gasteiger partial charge is 0.497 e. The molecule has 0 atom stereocenters. The van der Waals surface area contributed by atoms with Crippen molar-refractivity contribution in [1.82, 2.24) is 4.98 Å². The predicted molar refractivity (Wildman–Crippen MR) is 104 cm³/mol. The molecule has 2 aromatic carbocycles. The number of amides is 1. The monoisotopic (exact) mass is 368 g/mol. The number of rotatable bonds is 6. The summed E-state index contributed by atoms with van der Waals surface area (Å²) in [5, 5.41) is 5.33. The number of nitrogens with zero attached hydrogens (tertiary/aromatic N) is 1. The van der Waals surface area contributed by atoms with Gasteiger partial charge in [0.25, 0.3) is 5.91 Å². The molecule has 0 fully saturated rings. The molecule has 26 heavy (non-hydrogen) atoms. The first-order valence-electron chi connectivity index (χ1n) is 8.24. The Labute approximate surface area is 156 Å². The zero-order valence-corrected chi connectivity index (χ0v) is 15.7. The quantitative estimate of drug-likeness (QED) is 0.675. The maximum atomic E-state index is 12.5. The summed E-state index contributed by atoms with van der Waals surface area (Å²) in [6.45, 7) is 3.96. The van der Waals surface area contributed by atoms with Crippen molar-refractivity contribution >= 4 is 22.9 Å². The lowest BCUT2D eigenvalue weighted by Gasteiger charge is -2.12. The Morgan fingerprint density at radius 3 is 2.73 bits per heavy atom. The Hall–Kier alpha value is -2.86. The van der Waals surface area contributed by atoms with Crippen molar-refractivity contribution in [3.63, 3.8) is 0 Å². The molecule has 5 nitrogen and oxygen atoms in total. The highest BCUT2D eigenvalue weighted by Gasteiger charge is 2.15. The van der Waals surface area contributed by atoms with Gasteiger partial charge in [0.2, 0.25) is 0 Å². The Balaban J connectivity index is 1.80. The lowest BCUT2D eigenvalue weighted by molar-refractivity contribution is 0.102. The highest BCUT2D eigenvalue weighted by Crippen LogP contribution is 2.33. The molecule has 3 rings (SSSR count). The maximum absolute atomic E-state index is 12.5. The van der Waals surface area contributed by atoms with Gasteiger partial charge in [0.05, 0.1) is 18.8 Å². The second-order valence-electron chi connectivity index (χ2n) is 5.89. The van der Waals surface area contributed by atoms with Crippen molar-refractivity contribution in [2.24, 2.45) is 0 Å². The van der Waals surface area contributed by atoms with Gasteiger partial charge in [0, 0.05) is 17.1 Å². The molecule has 1 amide bonds. The van der Waals surface area contributed by atoms with Crippen LogP contribution in [0.3, 0.4) is 0 Å². The van der Waals surface area contributed by atoms with Crippen LogP contribution in [0.15, 0.2) is 53.9 Å². The second kappa shape index (κ2) is 8.01. The molecule has 0 saturated heterocycles. The van der Waals surface area contributed by atoms with E-state index in [1.165, 1.54) is 11.3 Å². The molecule has 6 heteroatoms. The van der Waals surface area contributed by atoms with Crippen LogP contribution in [0.4, 0.5) is 5.69 Å². The summed E-state index contributed by atoms with van der Waals surface area (Å²) in [6.07, 6.45) is 0.0620. The van der Waals surface area contributed by atoms with Gasteiger partial charge in [-0.15, -0.1) is 11.3 Å². The number of hydrogen-bond acceptors (Lipinski definition) is 5. The summed E-state index contributed by atoms with van der Waals surface area (Å²) in [5.41, 5.74) is 1.91. The Morgan fingerprint density at radius 1 is 1.15 bits per heavy atom. The molecule has 0 unspecified atom stereocenters. The third-order valence-corrected chi connectivity index (χ3v) is 4.42. The van der Waals surface area contributed by atoms with E-state index in [2.05, 4.69) is 10.3 Å². The van der Waals surface area contributed by atoms with Crippen molar-refractivity contribution in [1.29, 1.82) is 0 Å². The molecule has 0 aliphatic carbocycles. The number of nitrogens with one attached hydrogen (secondary N) is 1. The number of aromatic nitrogens is 1. The molecule has 0 radical (unpaired) electrons. The van der Waals surface area contributed by atoms with E-state index < -0.39 is 0 Å². The summed E-state index contributed by atoms with van der Waals surface area (Å²) in [6, 6.07) is 14.9. The average molecular weight is 368 g/mol. The molecule has 0 spiro atoms. The van der Waals surface area contributed by atoms with E-state index >= 15 is 0 Å². The number of ether oxygens (including phenoxy) is 2. The van der Waals surface area contributed by atoms with Gasteiger partial charge in [0.1, 0.15) is 22.2 Å². The zero-order valence-electron chi connectivity index (χ0n) is 14.9. The lowest BCUT2D eigenvalue weighted by Crippen LogP contribution is -2.12. The fraction of sp³-hybridized carbons (Fsp3) is 0.200. The van der Waals surface area contributed by atoms with Crippen LogP contribution in [0.25, 0.3) is 10.6 Å². The third-order valence-electron chi connectivity index (χ3n) is 3.54. The van der Waals surface area contributed by atoms with Crippen molar-refractivity contribution in [3.05, 3.63) is 59.6 Å². The van der Waals surface area contributed by atoms with Gasteiger partial charge in [-0.3, -0.25) is 4.79 Å². The highest BCUT2D eigenvalue weighted by molar-refractivity contribution is 7.13. The highest BCUT2D eigenvalue weighted by atomic mass is 32.1. The number of carbonyl (C=O) groups is 1. The summed E-state index contributed by atoms with van der Waals surface area (Å²) in [5.74, 6) is 1.18. The number of anilines is 1. The standard InChI is InChI=1S/C20H20N2O3S/c1-13(2)25-18-10-5-4-9-16(18)20-22-17(12-26-20)19(23)21-14-7-6-8-15(11-14)24-3/h4-13H,1-3H3,(H,21,23). The van der Waals surface area contributed by atoms with E-state index in [1.54, 1.807) is 24.6 Å². The summed E-state index contributed by atoms with van der Waals surface area (Å²) >= 11 is 1.41. The Bertz CT molecular complexity index is 905. The van der Waals surface area contributed by atoms with Crippen molar-refractivity contribution in [2.75, 3.05) is 12.4 Å². The van der Waals surface area contributed by atoms with Gasteiger partial charge in [-0.2, -0.15) is 0 Å². The van der Waals surface area contributed by atoms with Crippen LogP contribution in [0.5, 0.6) is 11.5 Å². The van der Waals surface area contributed by atoms with Gasteiger partial charge < -0.3 is 14.8 Å². The summed E-state index contributed by atoms with van der Waals surface area (Å²) in [4.78, 5) is 17.0. The molecule has 1 N–H and O–H groups in total. The minimum Gasteiger partial charge on any atom is -0.497 e. The fourth-order valence-electron chi connectivity index (χ4n) is 2.40. The minimum atomic E-state index is -0.261. The van der Waals surface area contributed by atoms with Crippen LogP contribution in [-0.2, 0) is 0 Å². The topological polar surface area (TPSA) is 60.5 Å². The first-order valence-corrected chi connectivity index (χ1v) is 9.12. The lowest BCUT2D eigenvalue weighted by atomic mass is 10.2.